The topological polar surface area (TPSA) is 87.1 Å². The predicted molar refractivity (Wildman–Crippen MR) is 68.2 cm³/mol. The number of hydrogen-bond acceptors (Lipinski definition) is 4. The third-order valence-corrected chi connectivity index (χ3v) is 2.62. The van der Waals surface area contributed by atoms with E-state index >= 15 is 0 Å². The predicted octanol–water partition coefficient (Wildman–Crippen LogP) is 2.45. The summed E-state index contributed by atoms with van der Waals surface area (Å²) >= 11 is 6.03. The fraction of sp³-hybridized carbons (Fsp3) is 0.364. The molecule has 1 atom stereocenters. The number of halogens is 1. The van der Waals surface area contributed by atoms with Crippen LogP contribution < -0.4 is 5.32 Å². The molecule has 18 heavy (non-hydrogen) atoms. The van der Waals surface area contributed by atoms with E-state index in [0.29, 0.717) is 17.1 Å². The van der Waals surface area contributed by atoms with Crippen LogP contribution in [0.1, 0.15) is 11.6 Å². The summed E-state index contributed by atoms with van der Waals surface area (Å²) < 4.78 is 4.72. The molecule has 0 aliphatic heterocycles. The van der Waals surface area contributed by atoms with Gasteiger partial charge in [-0.1, -0.05) is 34.9 Å². The van der Waals surface area contributed by atoms with Crippen LogP contribution in [0.15, 0.2) is 29.4 Å². The van der Waals surface area contributed by atoms with E-state index in [-0.39, 0.29) is 6.54 Å². The van der Waals surface area contributed by atoms with E-state index in [1.165, 1.54) is 7.11 Å². The van der Waals surface area contributed by atoms with Gasteiger partial charge in [-0.2, -0.15) is 0 Å². The van der Waals surface area contributed by atoms with Crippen molar-refractivity contribution < 1.29 is 9.53 Å². The molecule has 0 radical (unpaired) electrons. The number of nitrogens with zero attached hydrogens (tertiary/aromatic N) is 3. The Balaban J connectivity index is 2.82. The Bertz CT molecular complexity index is 460. The van der Waals surface area contributed by atoms with E-state index in [9.17, 15) is 4.79 Å². The average Bonchev–Trinajstić information content (AvgIpc) is 2.39. The van der Waals surface area contributed by atoms with Gasteiger partial charge in [0.1, 0.15) is 6.04 Å². The Labute approximate surface area is 110 Å². The maximum Gasteiger partial charge on any atom is 0.327 e. The molecule has 1 unspecified atom stereocenters. The lowest BCUT2D eigenvalue weighted by Gasteiger charge is -2.17. The lowest BCUT2D eigenvalue weighted by Crippen LogP contribution is -2.31. The van der Waals surface area contributed by atoms with Crippen molar-refractivity contribution >= 4 is 17.6 Å². The molecule has 0 bridgehead atoms. The Morgan fingerprint density at radius 1 is 1.61 bits per heavy atom. The normalized spacial score (nSPS) is 11.4. The van der Waals surface area contributed by atoms with Crippen molar-refractivity contribution in [3.8, 4) is 0 Å². The summed E-state index contributed by atoms with van der Waals surface area (Å²) in [6.07, 6.45) is 0. The molecule has 0 aromatic heterocycles. The first-order valence-corrected chi connectivity index (χ1v) is 5.65. The summed E-state index contributed by atoms with van der Waals surface area (Å²) in [5.74, 6) is -0.441. The van der Waals surface area contributed by atoms with E-state index in [4.69, 9.17) is 21.9 Å². The zero-order valence-electron chi connectivity index (χ0n) is 9.84. The molecular weight excluding hydrogens is 256 g/mol. The number of rotatable bonds is 6. The van der Waals surface area contributed by atoms with Crippen LogP contribution in [0.25, 0.3) is 10.4 Å². The highest BCUT2D eigenvalue weighted by Gasteiger charge is 2.22. The second kappa shape index (κ2) is 7.55. The number of ether oxygens (including phenoxy) is 1. The van der Waals surface area contributed by atoms with Crippen LogP contribution in [-0.4, -0.2) is 26.2 Å². The van der Waals surface area contributed by atoms with Crippen molar-refractivity contribution in [1.29, 1.82) is 0 Å². The molecule has 0 aliphatic carbocycles. The van der Waals surface area contributed by atoms with Gasteiger partial charge in [0, 0.05) is 23.0 Å². The van der Waals surface area contributed by atoms with Crippen molar-refractivity contribution in [1.82, 2.24) is 5.32 Å². The first-order chi connectivity index (χ1) is 8.70. The van der Waals surface area contributed by atoms with E-state index in [1.807, 2.05) is 0 Å². The van der Waals surface area contributed by atoms with E-state index in [2.05, 4.69) is 15.3 Å². The Kier molecular flexibility index (Phi) is 6.00. The number of methoxy groups -OCH3 is 1. The molecular formula is C11H13ClN4O2. The quantitative estimate of drug-likeness (QED) is 0.283. The maximum absolute atomic E-state index is 11.7. The smallest absolute Gasteiger partial charge is 0.327 e. The lowest BCUT2D eigenvalue weighted by molar-refractivity contribution is -0.143. The first-order valence-electron chi connectivity index (χ1n) is 5.27. The number of nitrogens with one attached hydrogen (secondary N) is 1. The molecule has 0 saturated heterocycles. The summed E-state index contributed by atoms with van der Waals surface area (Å²) in [5, 5.41) is 6.79. The molecule has 7 heteroatoms. The number of esters is 1. The summed E-state index contributed by atoms with van der Waals surface area (Å²) in [6, 6.07) is 6.33. The van der Waals surface area contributed by atoms with Crippen molar-refractivity contribution in [2.24, 2.45) is 5.11 Å². The SMILES string of the molecule is COC(=O)C(NCCN=[N+]=[N-])c1ccccc1Cl. The monoisotopic (exact) mass is 268 g/mol. The highest BCUT2D eigenvalue weighted by atomic mass is 35.5. The molecule has 1 aromatic rings. The van der Waals surface area contributed by atoms with Gasteiger partial charge >= 0.3 is 5.97 Å². The minimum absolute atomic E-state index is 0.244. The van der Waals surface area contributed by atoms with Gasteiger partial charge in [0.25, 0.3) is 0 Å². The van der Waals surface area contributed by atoms with Gasteiger partial charge in [-0.25, -0.2) is 4.79 Å². The molecule has 1 rings (SSSR count). The Morgan fingerprint density at radius 2 is 2.33 bits per heavy atom. The minimum atomic E-state index is -0.669. The second-order valence-electron chi connectivity index (χ2n) is 3.39. The van der Waals surface area contributed by atoms with Crippen LogP contribution in [0.4, 0.5) is 0 Å². The molecule has 0 saturated carbocycles. The third kappa shape index (κ3) is 3.92. The van der Waals surface area contributed by atoms with Crippen LogP contribution in [0, 0.1) is 0 Å². The highest BCUT2D eigenvalue weighted by molar-refractivity contribution is 6.31. The zero-order valence-corrected chi connectivity index (χ0v) is 10.6. The fourth-order valence-corrected chi connectivity index (χ4v) is 1.70. The molecule has 96 valence electrons. The van der Waals surface area contributed by atoms with E-state index < -0.39 is 12.0 Å². The molecule has 0 spiro atoms. The summed E-state index contributed by atoms with van der Waals surface area (Å²) in [6.45, 7) is 0.601. The zero-order chi connectivity index (χ0) is 13.4. The van der Waals surface area contributed by atoms with Gasteiger partial charge in [0.2, 0.25) is 0 Å². The van der Waals surface area contributed by atoms with Crippen LogP contribution in [0.3, 0.4) is 0 Å². The summed E-state index contributed by atoms with van der Waals surface area (Å²) in [5.41, 5.74) is 8.80. The maximum atomic E-state index is 11.7. The van der Waals surface area contributed by atoms with Gasteiger partial charge in [0.05, 0.1) is 7.11 Å². The first kappa shape index (κ1) is 14.3. The van der Waals surface area contributed by atoms with Crippen molar-refractivity contribution in [2.75, 3.05) is 20.2 Å². The number of azide groups is 1. The van der Waals surface area contributed by atoms with Crippen molar-refractivity contribution in [3.63, 3.8) is 0 Å². The van der Waals surface area contributed by atoms with E-state index in [1.54, 1.807) is 24.3 Å². The fourth-order valence-electron chi connectivity index (χ4n) is 1.45. The van der Waals surface area contributed by atoms with Crippen molar-refractivity contribution in [2.45, 2.75) is 6.04 Å². The molecule has 0 fully saturated rings. The minimum Gasteiger partial charge on any atom is -0.468 e. The van der Waals surface area contributed by atoms with E-state index in [0.717, 1.165) is 0 Å². The Hall–Kier alpha value is -1.75. The van der Waals surface area contributed by atoms with Gasteiger partial charge in [-0.3, -0.25) is 0 Å². The second-order valence-corrected chi connectivity index (χ2v) is 3.79. The number of carbonyl (C=O) groups is 1. The molecule has 6 nitrogen and oxygen atoms in total. The van der Waals surface area contributed by atoms with Gasteiger partial charge < -0.3 is 10.1 Å². The number of carbonyl (C=O) groups excluding carboxylic acids is 1. The average molecular weight is 269 g/mol. The van der Waals surface area contributed by atoms with Gasteiger partial charge in [0.15, 0.2) is 0 Å². The lowest BCUT2D eigenvalue weighted by atomic mass is 10.1. The highest BCUT2D eigenvalue weighted by Crippen LogP contribution is 2.23. The molecule has 0 amide bonds. The number of benzene rings is 1. The molecule has 1 N–H and O–H groups in total. The van der Waals surface area contributed by atoms with Crippen LogP contribution >= 0.6 is 11.6 Å². The van der Waals surface area contributed by atoms with Crippen molar-refractivity contribution in [3.05, 3.63) is 45.3 Å². The largest absolute Gasteiger partial charge is 0.468 e. The van der Waals surface area contributed by atoms with Gasteiger partial charge in [-0.05, 0) is 17.2 Å². The Morgan fingerprint density at radius 3 is 2.94 bits per heavy atom. The summed E-state index contributed by atoms with van der Waals surface area (Å²) in [4.78, 5) is 14.3. The third-order valence-electron chi connectivity index (χ3n) is 2.28. The van der Waals surface area contributed by atoms with Crippen LogP contribution in [0.5, 0.6) is 0 Å². The van der Waals surface area contributed by atoms with Crippen LogP contribution in [-0.2, 0) is 9.53 Å². The number of hydrogen-bond donors (Lipinski definition) is 1. The standard InChI is InChI=1S/C11H13ClN4O2/c1-18-11(17)10(14-6-7-15-16-13)8-4-2-3-5-9(8)12/h2-5,10,14H,6-7H2,1H3. The molecule has 1 aromatic carbocycles. The van der Waals surface area contributed by atoms with Gasteiger partial charge in [-0.15, -0.1) is 0 Å². The van der Waals surface area contributed by atoms with Crippen LogP contribution in [0.2, 0.25) is 5.02 Å². The molecule has 0 aliphatic rings. The molecule has 0 heterocycles. The summed E-state index contributed by atoms with van der Waals surface area (Å²) in [7, 11) is 1.31.